The molecule has 0 spiro atoms. The highest BCUT2D eigenvalue weighted by molar-refractivity contribution is 7.18. The van der Waals surface area contributed by atoms with Crippen molar-refractivity contribution >= 4 is 11.3 Å². The van der Waals surface area contributed by atoms with Crippen molar-refractivity contribution in [1.82, 2.24) is 10.2 Å². The van der Waals surface area contributed by atoms with Crippen molar-refractivity contribution in [2.24, 2.45) is 0 Å². The van der Waals surface area contributed by atoms with Gasteiger partial charge in [0.1, 0.15) is 16.5 Å². The lowest BCUT2D eigenvalue weighted by atomic mass is 10.2. The first-order valence-corrected chi connectivity index (χ1v) is 7.66. The highest BCUT2D eigenvalue weighted by atomic mass is 32.1. The van der Waals surface area contributed by atoms with Crippen molar-refractivity contribution in [2.75, 3.05) is 14.2 Å². The Kier molecular flexibility index (Phi) is 4.13. The molecule has 0 atom stereocenters. The van der Waals surface area contributed by atoms with Gasteiger partial charge in [0.15, 0.2) is 16.5 Å². The molecule has 1 aromatic heterocycles. The minimum Gasteiger partial charge on any atom is -0.508 e. The van der Waals surface area contributed by atoms with Crippen molar-refractivity contribution in [3.63, 3.8) is 0 Å². The van der Waals surface area contributed by atoms with Gasteiger partial charge in [-0.05, 0) is 24.3 Å². The number of phenols is 3. The van der Waals surface area contributed by atoms with Gasteiger partial charge in [0, 0.05) is 11.6 Å². The molecule has 1 heterocycles. The summed E-state index contributed by atoms with van der Waals surface area (Å²) >= 11 is 1.25. The van der Waals surface area contributed by atoms with E-state index in [-0.39, 0.29) is 28.7 Å². The second-order valence-corrected chi connectivity index (χ2v) is 5.82. The minimum atomic E-state index is -0.0929. The molecule has 24 heavy (non-hydrogen) atoms. The van der Waals surface area contributed by atoms with Crippen LogP contribution in [0.3, 0.4) is 0 Å². The van der Waals surface area contributed by atoms with Crippen LogP contribution in [0, 0.1) is 0 Å². The van der Waals surface area contributed by atoms with Crippen LogP contribution < -0.4 is 9.47 Å². The SMILES string of the molecule is COc1cc(-c2nnc(-c3ccc(O)cc3O)s2)cc(OC)c1O. The van der Waals surface area contributed by atoms with Gasteiger partial charge in [0.25, 0.3) is 0 Å². The van der Waals surface area contributed by atoms with Crippen LogP contribution in [0.2, 0.25) is 0 Å². The first-order valence-electron chi connectivity index (χ1n) is 6.84. The summed E-state index contributed by atoms with van der Waals surface area (Å²) in [6.45, 7) is 0. The molecule has 2 aromatic carbocycles. The Labute approximate surface area is 141 Å². The third-order valence-corrected chi connectivity index (χ3v) is 4.37. The van der Waals surface area contributed by atoms with Gasteiger partial charge < -0.3 is 24.8 Å². The smallest absolute Gasteiger partial charge is 0.200 e. The van der Waals surface area contributed by atoms with E-state index >= 15 is 0 Å². The molecule has 0 aliphatic carbocycles. The predicted molar refractivity (Wildman–Crippen MR) is 88.9 cm³/mol. The summed E-state index contributed by atoms with van der Waals surface area (Å²) in [5.41, 5.74) is 1.12. The molecule has 0 amide bonds. The molecule has 124 valence electrons. The number of methoxy groups -OCH3 is 2. The zero-order chi connectivity index (χ0) is 17.3. The highest BCUT2D eigenvalue weighted by Crippen LogP contribution is 2.42. The second-order valence-electron chi connectivity index (χ2n) is 4.84. The molecular weight excluding hydrogens is 332 g/mol. The van der Waals surface area contributed by atoms with E-state index in [1.54, 1.807) is 18.2 Å². The number of hydrogen-bond acceptors (Lipinski definition) is 8. The number of phenolic OH excluding ortho intramolecular Hbond substituents is 3. The van der Waals surface area contributed by atoms with E-state index in [4.69, 9.17) is 9.47 Å². The molecule has 0 radical (unpaired) electrons. The number of aromatic hydroxyl groups is 3. The van der Waals surface area contributed by atoms with E-state index in [0.717, 1.165) is 0 Å². The van der Waals surface area contributed by atoms with E-state index in [2.05, 4.69) is 10.2 Å². The standard InChI is InChI=1S/C16H14N2O5S/c1-22-12-5-8(6-13(23-2)14(12)21)15-17-18-16(24-15)10-4-3-9(19)7-11(10)20/h3-7,19-21H,1-2H3. The van der Waals surface area contributed by atoms with Crippen LogP contribution in [0.15, 0.2) is 30.3 Å². The monoisotopic (exact) mass is 346 g/mol. The number of hydrogen-bond donors (Lipinski definition) is 3. The van der Waals surface area contributed by atoms with Crippen LogP contribution in [0.4, 0.5) is 0 Å². The van der Waals surface area contributed by atoms with E-state index in [9.17, 15) is 15.3 Å². The zero-order valence-corrected chi connectivity index (χ0v) is 13.7. The molecular formula is C16H14N2O5S. The number of rotatable bonds is 4. The predicted octanol–water partition coefficient (Wildman–Crippen LogP) is 3.01. The molecule has 0 aliphatic rings. The van der Waals surface area contributed by atoms with Crippen LogP contribution in [-0.4, -0.2) is 39.7 Å². The van der Waals surface area contributed by atoms with Gasteiger partial charge in [0.2, 0.25) is 5.75 Å². The third kappa shape index (κ3) is 2.79. The summed E-state index contributed by atoms with van der Waals surface area (Å²) < 4.78 is 10.3. The molecule has 3 rings (SSSR count). The van der Waals surface area contributed by atoms with Crippen LogP contribution in [0.5, 0.6) is 28.7 Å². The number of ether oxygens (including phenoxy) is 2. The average Bonchev–Trinajstić information content (AvgIpc) is 3.04. The molecule has 3 aromatic rings. The summed E-state index contributed by atoms with van der Waals surface area (Å²) in [7, 11) is 2.89. The number of nitrogens with zero attached hydrogens (tertiary/aromatic N) is 2. The van der Waals surface area contributed by atoms with Gasteiger partial charge in [-0.1, -0.05) is 11.3 Å². The third-order valence-electron chi connectivity index (χ3n) is 3.36. The zero-order valence-electron chi connectivity index (χ0n) is 12.8. The van der Waals surface area contributed by atoms with Gasteiger partial charge in [0.05, 0.1) is 19.8 Å². The molecule has 0 bridgehead atoms. The summed E-state index contributed by atoms with van der Waals surface area (Å²) in [5, 5.41) is 38.5. The Hall–Kier alpha value is -3.00. The van der Waals surface area contributed by atoms with Gasteiger partial charge in [-0.3, -0.25) is 0 Å². The molecule has 3 N–H and O–H groups in total. The van der Waals surface area contributed by atoms with Crippen molar-refractivity contribution in [2.45, 2.75) is 0 Å². The van der Waals surface area contributed by atoms with Crippen LogP contribution in [-0.2, 0) is 0 Å². The van der Waals surface area contributed by atoms with E-state index < -0.39 is 0 Å². The lowest BCUT2D eigenvalue weighted by Crippen LogP contribution is -1.90. The van der Waals surface area contributed by atoms with E-state index in [0.29, 0.717) is 21.1 Å². The molecule has 0 unspecified atom stereocenters. The minimum absolute atomic E-state index is 0.0333. The Morgan fingerprint density at radius 3 is 2.08 bits per heavy atom. The van der Waals surface area contributed by atoms with E-state index in [1.165, 1.54) is 37.7 Å². The Balaban J connectivity index is 2.05. The van der Waals surface area contributed by atoms with Gasteiger partial charge in [-0.15, -0.1) is 10.2 Å². The maximum absolute atomic E-state index is 9.97. The quantitative estimate of drug-likeness (QED) is 0.667. The number of benzene rings is 2. The van der Waals surface area contributed by atoms with Crippen molar-refractivity contribution in [3.8, 4) is 49.9 Å². The molecule has 0 fully saturated rings. The van der Waals surface area contributed by atoms with E-state index in [1.807, 2.05) is 0 Å². The fourth-order valence-electron chi connectivity index (χ4n) is 2.17. The largest absolute Gasteiger partial charge is 0.508 e. The van der Waals surface area contributed by atoms with Crippen molar-refractivity contribution < 1.29 is 24.8 Å². The summed E-state index contributed by atoms with van der Waals surface area (Å²) in [4.78, 5) is 0. The molecule has 7 nitrogen and oxygen atoms in total. The highest BCUT2D eigenvalue weighted by Gasteiger charge is 2.17. The lowest BCUT2D eigenvalue weighted by molar-refractivity contribution is 0.340. The average molecular weight is 346 g/mol. The second kappa shape index (κ2) is 6.25. The Morgan fingerprint density at radius 1 is 0.875 bits per heavy atom. The molecule has 0 aliphatic heterocycles. The topological polar surface area (TPSA) is 105 Å². The summed E-state index contributed by atoms with van der Waals surface area (Å²) in [5.74, 6) is 0.305. The molecule has 0 saturated heterocycles. The van der Waals surface area contributed by atoms with Crippen LogP contribution in [0.25, 0.3) is 21.1 Å². The maximum Gasteiger partial charge on any atom is 0.200 e. The van der Waals surface area contributed by atoms with Gasteiger partial charge >= 0.3 is 0 Å². The van der Waals surface area contributed by atoms with Crippen molar-refractivity contribution in [3.05, 3.63) is 30.3 Å². The number of aromatic nitrogens is 2. The fourth-order valence-corrected chi connectivity index (χ4v) is 3.03. The first-order chi connectivity index (χ1) is 11.5. The molecule has 0 saturated carbocycles. The fraction of sp³-hybridized carbons (Fsp3) is 0.125. The Bertz CT molecular complexity index is 869. The maximum atomic E-state index is 9.97. The lowest BCUT2D eigenvalue weighted by Gasteiger charge is -2.09. The normalized spacial score (nSPS) is 10.6. The summed E-state index contributed by atoms with van der Waals surface area (Å²) in [6, 6.07) is 7.51. The first kappa shape index (κ1) is 15.9. The summed E-state index contributed by atoms with van der Waals surface area (Å²) in [6.07, 6.45) is 0. The van der Waals surface area contributed by atoms with Crippen molar-refractivity contribution in [1.29, 1.82) is 0 Å². The van der Waals surface area contributed by atoms with Crippen LogP contribution >= 0.6 is 11.3 Å². The molecule has 8 heteroatoms. The van der Waals surface area contributed by atoms with Crippen LogP contribution in [0.1, 0.15) is 0 Å². The van der Waals surface area contributed by atoms with Gasteiger partial charge in [-0.2, -0.15) is 0 Å². The Morgan fingerprint density at radius 2 is 1.50 bits per heavy atom. The van der Waals surface area contributed by atoms with Gasteiger partial charge in [-0.25, -0.2) is 0 Å².